The summed E-state index contributed by atoms with van der Waals surface area (Å²) in [5.74, 6) is 1.08. The SMILES string of the molecule is CC.CC.CCCC(C)(CC)c1ccccc1C(N=C(C)N)=Nc1ccc(C#N)cc1C. The number of aliphatic imine (C=N–C) groups is 2. The van der Waals surface area contributed by atoms with Gasteiger partial charge in [0.25, 0.3) is 0 Å². The van der Waals surface area contributed by atoms with Crippen LogP contribution in [0.1, 0.15) is 96.9 Å². The van der Waals surface area contributed by atoms with E-state index in [4.69, 9.17) is 16.0 Å². The van der Waals surface area contributed by atoms with E-state index in [2.05, 4.69) is 50.0 Å². The van der Waals surface area contributed by atoms with E-state index in [0.717, 1.165) is 36.1 Å². The summed E-state index contributed by atoms with van der Waals surface area (Å²) in [7, 11) is 0. The smallest absolute Gasteiger partial charge is 0.162 e. The quantitative estimate of drug-likeness (QED) is 0.371. The fourth-order valence-corrected chi connectivity index (χ4v) is 3.54. The maximum Gasteiger partial charge on any atom is 0.162 e. The second-order valence-electron chi connectivity index (χ2n) is 7.51. The van der Waals surface area contributed by atoms with Crippen LogP contribution in [0.25, 0.3) is 0 Å². The standard InChI is InChI=1S/C24H30N4.2C2H6/c1-6-14-24(5,7-2)21-11-9-8-10-20(21)23(27-18(4)26)28-22-13-12-19(16-25)15-17(22)3;2*1-2/h8-13,15H,6-7,14H2,1-5H3,(H2,26,27,28);2*1-2H3. The molecule has 2 aromatic rings. The fraction of sp³-hybridized carbons (Fsp3) is 0.464. The van der Waals surface area contributed by atoms with E-state index in [1.165, 1.54) is 5.56 Å². The molecular formula is C28H42N4. The summed E-state index contributed by atoms with van der Waals surface area (Å²) in [6, 6.07) is 16.0. The van der Waals surface area contributed by atoms with Crippen LogP contribution in [-0.2, 0) is 5.41 Å². The zero-order valence-corrected chi connectivity index (χ0v) is 21.6. The summed E-state index contributed by atoms with van der Waals surface area (Å²) in [6.45, 7) is 18.5. The third-order valence-electron chi connectivity index (χ3n) is 5.23. The number of hydrogen-bond donors (Lipinski definition) is 1. The highest BCUT2D eigenvalue weighted by molar-refractivity contribution is 6.08. The number of nitriles is 1. The van der Waals surface area contributed by atoms with Crippen molar-refractivity contribution in [1.29, 1.82) is 5.26 Å². The Morgan fingerprint density at radius 1 is 1.06 bits per heavy atom. The van der Waals surface area contributed by atoms with Crippen LogP contribution in [0, 0.1) is 18.3 Å². The topological polar surface area (TPSA) is 74.5 Å². The summed E-state index contributed by atoms with van der Waals surface area (Å²) in [5.41, 5.74) is 10.6. The third kappa shape index (κ3) is 7.96. The molecule has 0 saturated carbocycles. The van der Waals surface area contributed by atoms with E-state index in [0.29, 0.717) is 17.2 Å². The maximum atomic E-state index is 9.11. The van der Waals surface area contributed by atoms with Crippen molar-refractivity contribution in [1.82, 2.24) is 0 Å². The number of aryl methyl sites for hydroxylation is 1. The van der Waals surface area contributed by atoms with Crippen LogP contribution < -0.4 is 5.73 Å². The highest BCUT2D eigenvalue weighted by atomic mass is 15.0. The monoisotopic (exact) mass is 434 g/mol. The van der Waals surface area contributed by atoms with Gasteiger partial charge in [-0.2, -0.15) is 5.26 Å². The van der Waals surface area contributed by atoms with Crippen molar-refractivity contribution in [3.8, 4) is 6.07 Å². The summed E-state index contributed by atoms with van der Waals surface area (Å²) < 4.78 is 0. The first-order chi connectivity index (χ1) is 15.3. The van der Waals surface area contributed by atoms with E-state index < -0.39 is 0 Å². The van der Waals surface area contributed by atoms with Gasteiger partial charge in [-0.3, -0.25) is 0 Å². The second kappa shape index (κ2) is 15.0. The van der Waals surface area contributed by atoms with Gasteiger partial charge in [-0.15, -0.1) is 0 Å². The van der Waals surface area contributed by atoms with Gasteiger partial charge in [0.05, 0.1) is 23.2 Å². The molecule has 4 nitrogen and oxygen atoms in total. The molecule has 0 bridgehead atoms. The van der Waals surface area contributed by atoms with Crippen molar-refractivity contribution in [2.75, 3.05) is 0 Å². The number of nitrogens with zero attached hydrogens (tertiary/aromatic N) is 3. The van der Waals surface area contributed by atoms with Gasteiger partial charge in [-0.1, -0.05) is 79.2 Å². The summed E-state index contributed by atoms with van der Waals surface area (Å²) >= 11 is 0. The van der Waals surface area contributed by atoms with Gasteiger partial charge >= 0.3 is 0 Å². The third-order valence-corrected chi connectivity index (χ3v) is 5.23. The molecule has 174 valence electrons. The molecular weight excluding hydrogens is 392 g/mol. The molecule has 0 spiro atoms. The lowest BCUT2D eigenvalue weighted by Gasteiger charge is -2.30. The molecule has 0 aliphatic heterocycles. The Labute approximate surface area is 196 Å². The van der Waals surface area contributed by atoms with Gasteiger partial charge in [-0.25, -0.2) is 9.98 Å². The van der Waals surface area contributed by atoms with Crippen molar-refractivity contribution < 1.29 is 0 Å². The number of amidine groups is 2. The van der Waals surface area contributed by atoms with Gasteiger partial charge in [-0.05, 0) is 61.4 Å². The molecule has 0 saturated heterocycles. The number of hydrogen-bond acceptors (Lipinski definition) is 2. The van der Waals surface area contributed by atoms with Gasteiger partial charge in [0, 0.05) is 5.56 Å². The van der Waals surface area contributed by atoms with E-state index in [1.54, 1.807) is 13.0 Å². The molecule has 0 fully saturated rings. The maximum absolute atomic E-state index is 9.11. The molecule has 0 heterocycles. The molecule has 0 radical (unpaired) electrons. The average Bonchev–Trinajstić information content (AvgIpc) is 2.82. The number of rotatable bonds is 6. The van der Waals surface area contributed by atoms with Crippen molar-refractivity contribution >= 4 is 17.4 Å². The lowest BCUT2D eigenvalue weighted by atomic mass is 9.74. The lowest BCUT2D eigenvalue weighted by Crippen LogP contribution is -2.24. The molecule has 0 aliphatic rings. The van der Waals surface area contributed by atoms with Gasteiger partial charge < -0.3 is 5.73 Å². The van der Waals surface area contributed by atoms with Crippen molar-refractivity contribution in [3.05, 3.63) is 64.7 Å². The van der Waals surface area contributed by atoms with E-state index in [-0.39, 0.29) is 5.41 Å². The summed E-state index contributed by atoms with van der Waals surface area (Å²) in [6.07, 6.45) is 3.24. The first kappa shape index (κ1) is 29.1. The van der Waals surface area contributed by atoms with Crippen molar-refractivity contribution in [3.63, 3.8) is 0 Å². The van der Waals surface area contributed by atoms with Gasteiger partial charge in [0.2, 0.25) is 0 Å². The largest absolute Gasteiger partial charge is 0.387 e. The minimum Gasteiger partial charge on any atom is -0.387 e. The van der Waals surface area contributed by atoms with Crippen LogP contribution >= 0.6 is 0 Å². The van der Waals surface area contributed by atoms with E-state index in [9.17, 15) is 0 Å². The molecule has 2 N–H and O–H groups in total. The highest BCUT2D eigenvalue weighted by Gasteiger charge is 2.27. The lowest BCUT2D eigenvalue weighted by molar-refractivity contribution is 0.413. The summed E-state index contributed by atoms with van der Waals surface area (Å²) in [4.78, 5) is 9.43. The Kier molecular flexibility index (Phi) is 13.6. The minimum atomic E-state index is 0.0455. The van der Waals surface area contributed by atoms with E-state index >= 15 is 0 Å². The van der Waals surface area contributed by atoms with Crippen LogP contribution in [-0.4, -0.2) is 11.7 Å². The van der Waals surface area contributed by atoms with Crippen LogP contribution in [0.3, 0.4) is 0 Å². The van der Waals surface area contributed by atoms with Crippen LogP contribution in [0.15, 0.2) is 52.4 Å². The van der Waals surface area contributed by atoms with Gasteiger partial charge in [0.15, 0.2) is 5.84 Å². The molecule has 2 rings (SSSR count). The molecule has 0 aromatic heterocycles. The summed E-state index contributed by atoms with van der Waals surface area (Å²) in [5, 5.41) is 9.11. The Balaban J connectivity index is 0.00000227. The molecule has 0 aliphatic carbocycles. The van der Waals surface area contributed by atoms with E-state index in [1.807, 2.05) is 52.8 Å². The second-order valence-corrected chi connectivity index (χ2v) is 7.51. The first-order valence-electron chi connectivity index (χ1n) is 11.8. The Bertz CT molecular complexity index is 931. The zero-order valence-electron chi connectivity index (χ0n) is 21.6. The van der Waals surface area contributed by atoms with Crippen LogP contribution in [0.2, 0.25) is 0 Å². The highest BCUT2D eigenvalue weighted by Crippen LogP contribution is 2.35. The van der Waals surface area contributed by atoms with Crippen LogP contribution in [0.4, 0.5) is 5.69 Å². The molecule has 0 amide bonds. The van der Waals surface area contributed by atoms with Crippen LogP contribution in [0.5, 0.6) is 0 Å². The molecule has 4 heteroatoms. The Morgan fingerprint density at radius 2 is 1.69 bits per heavy atom. The van der Waals surface area contributed by atoms with Gasteiger partial charge in [0.1, 0.15) is 0 Å². The fourth-order valence-electron chi connectivity index (χ4n) is 3.54. The van der Waals surface area contributed by atoms with Crippen molar-refractivity contribution in [2.45, 2.75) is 87.0 Å². The van der Waals surface area contributed by atoms with Crippen molar-refractivity contribution in [2.24, 2.45) is 15.7 Å². The minimum absolute atomic E-state index is 0.0455. The number of nitrogens with two attached hydrogens (primary N) is 1. The average molecular weight is 435 g/mol. The molecule has 32 heavy (non-hydrogen) atoms. The predicted molar refractivity (Wildman–Crippen MR) is 141 cm³/mol. The Morgan fingerprint density at radius 3 is 2.19 bits per heavy atom. The predicted octanol–water partition coefficient (Wildman–Crippen LogP) is 7.84. The zero-order chi connectivity index (χ0) is 24.7. The first-order valence-corrected chi connectivity index (χ1v) is 11.8. The molecule has 1 unspecified atom stereocenters. The molecule has 2 aromatic carbocycles. The normalized spacial score (nSPS) is 13.0. The Hall–Kier alpha value is -2.93. The molecule has 1 atom stereocenters. The number of benzene rings is 2.